The molecule has 20 heavy (non-hydrogen) atoms. The van der Waals surface area contributed by atoms with Crippen molar-refractivity contribution in [3.05, 3.63) is 35.9 Å². The van der Waals surface area contributed by atoms with E-state index in [9.17, 15) is 4.79 Å². The molecule has 1 aromatic carbocycles. The van der Waals surface area contributed by atoms with Crippen LogP contribution in [0.4, 0.5) is 0 Å². The number of benzene rings is 1. The van der Waals surface area contributed by atoms with E-state index in [4.69, 9.17) is 4.74 Å². The van der Waals surface area contributed by atoms with Crippen molar-refractivity contribution in [2.75, 3.05) is 6.61 Å². The van der Waals surface area contributed by atoms with Gasteiger partial charge in [-0.1, -0.05) is 69.9 Å². The van der Waals surface area contributed by atoms with Crippen LogP contribution < -0.4 is 0 Å². The number of hydrogen-bond donors (Lipinski definition) is 0. The summed E-state index contributed by atoms with van der Waals surface area (Å²) in [6, 6.07) is 10.3. The van der Waals surface area contributed by atoms with E-state index in [2.05, 4.69) is 26.0 Å². The molecule has 0 fully saturated rings. The Hall–Kier alpha value is -1.31. The second-order valence-electron chi connectivity index (χ2n) is 5.49. The van der Waals surface area contributed by atoms with Gasteiger partial charge in [-0.25, -0.2) is 0 Å². The highest BCUT2D eigenvalue weighted by molar-refractivity contribution is 5.69. The predicted octanol–water partition coefficient (Wildman–Crippen LogP) is 5.08. The zero-order chi connectivity index (χ0) is 14.6. The monoisotopic (exact) mass is 276 g/mol. The minimum absolute atomic E-state index is 0.0525. The summed E-state index contributed by atoms with van der Waals surface area (Å²) in [7, 11) is 0. The lowest BCUT2D eigenvalue weighted by molar-refractivity contribution is -0.144. The third-order valence-electron chi connectivity index (χ3n) is 3.66. The summed E-state index contributed by atoms with van der Waals surface area (Å²) < 4.78 is 5.27. The molecule has 0 aliphatic carbocycles. The van der Waals surface area contributed by atoms with E-state index in [1.807, 2.05) is 18.2 Å². The van der Waals surface area contributed by atoms with Crippen molar-refractivity contribution in [1.82, 2.24) is 0 Å². The largest absolute Gasteiger partial charge is 0.466 e. The van der Waals surface area contributed by atoms with Crippen LogP contribution in [0.2, 0.25) is 0 Å². The number of esters is 1. The first-order valence-corrected chi connectivity index (χ1v) is 7.94. The first-order valence-electron chi connectivity index (χ1n) is 7.94. The third kappa shape index (κ3) is 7.32. The van der Waals surface area contributed by atoms with Crippen LogP contribution >= 0.6 is 0 Å². The predicted molar refractivity (Wildman–Crippen MR) is 83.8 cm³/mol. The molecule has 0 amide bonds. The molecule has 112 valence electrons. The Morgan fingerprint density at radius 3 is 2.50 bits per heavy atom. The summed E-state index contributed by atoms with van der Waals surface area (Å²) in [5.41, 5.74) is 1.29. The molecule has 1 rings (SSSR count). The summed E-state index contributed by atoms with van der Waals surface area (Å²) in [5, 5.41) is 0. The van der Waals surface area contributed by atoms with Gasteiger partial charge in [-0.15, -0.1) is 0 Å². The highest BCUT2D eigenvalue weighted by atomic mass is 16.5. The maximum atomic E-state index is 11.6. The molecule has 0 saturated heterocycles. The average molecular weight is 276 g/mol. The van der Waals surface area contributed by atoms with Crippen LogP contribution in [0.3, 0.4) is 0 Å². The second-order valence-corrected chi connectivity index (χ2v) is 5.49. The number of carbonyl (C=O) groups is 1. The Labute approximate surface area is 123 Å². The molecule has 1 aromatic rings. The van der Waals surface area contributed by atoms with Gasteiger partial charge in [0.2, 0.25) is 0 Å². The minimum Gasteiger partial charge on any atom is -0.466 e. The van der Waals surface area contributed by atoms with Crippen LogP contribution in [-0.4, -0.2) is 12.6 Å². The van der Waals surface area contributed by atoms with Gasteiger partial charge < -0.3 is 4.74 Å². The second kappa shape index (κ2) is 10.5. The highest BCUT2D eigenvalue weighted by Crippen LogP contribution is 2.20. The average Bonchev–Trinajstić information content (AvgIpc) is 2.49. The summed E-state index contributed by atoms with van der Waals surface area (Å²) in [6.07, 6.45) is 7.32. The molecule has 0 radical (unpaired) electrons. The number of carbonyl (C=O) groups excluding carboxylic acids is 1. The number of rotatable bonds is 10. The SMILES string of the molecule is CCCCCCCOC(=O)CCC(C)c1ccccc1. The Balaban J connectivity index is 2.08. The van der Waals surface area contributed by atoms with Gasteiger partial charge in [0.15, 0.2) is 0 Å². The van der Waals surface area contributed by atoms with Crippen LogP contribution in [0.15, 0.2) is 30.3 Å². The summed E-state index contributed by atoms with van der Waals surface area (Å²) in [6.45, 7) is 4.95. The van der Waals surface area contributed by atoms with Crippen molar-refractivity contribution in [3.63, 3.8) is 0 Å². The van der Waals surface area contributed by atoms with Crippen molar-refractivity contribution in [1.29, 1.82) is 0 Å². The Kier molecular flexibility index (Phi) is 8.77. The first kappa shape index (κ1) is 16.7. The van der Waals surface area contributed by atoms with E-state index < -0.39 is 0 Å². The van der Waals surface area contributed by atoms with Gasteiger partial charge in [0.1, 0.15) is 0 Å². The summed E-state index contributed by atoms with van der Waals surface area (Å²) >= 11 is 0. The zero-order valence-electron chi connectivity index (χ0n) is 12.9. The van der Waals surface area contributed by atoms with Gasteiger partial charge in [-0.05, 0) is 24.3 Å². The van der Waals surface area contributed by atoms with Crippen molar-refractivity contribution in [2.45, 2.75) is 64.7 Å². The molecule has 0 bridgehead atoms. The van der Waals surface area contributed by atoms with Crippen LogP contribution in [0.25, 0.3) is 0 Å². The molecule has 0 aliphatic rings. The Morgan fingerprint density at radius 1 is 1.10 bits per heavy atom. The fraction of sp³-hybridized carbons (Fsp3) is 0.611. The van der Waals surface area contributed by atoms with Crippen LogP contribution in [0.1, 0.15) is 70.3 Å². The van der Waals surface area contributed by atoms with E-state index >= 15 is 0 Å². The van der Waals surface area contributed by atoms with E-state index in [1.54, 1.807) is 0 Å². The lowest BCUT2D eigenvalue weighted by Crippen LogP contribution is -2.07. The van der Waals surface area contributed by atoms with E-state index in [1.165, 1.54) is 31.2 Å². The third-order valence-corrected chi connectivity index (χ3v) is 3.66. The van der Waals surface area contributed by atoms with E-state index in [0.717, 1.165) is 12.8 Å². The normalized spacial score (nSPS) is 12.1. The highest BCUT2D eigenvalue weighted by Gasteiger charge is 2.09. The number of unbranched alkanes of at least 4 members (excludes halogenated alkanes) is 4. The van der Waals surface area contributed by atoms with Crippen molar-refractivity contribution in [2.24, 2.45) is 0 Å². The van der Waals surface area contributed by atoms with Crippen LogP contribution in [0, 0.1) is 0 Å². The van der Waals surface area contributed by atoms with Gasteiger partial charge in [-0.2, -0.15) is 0 Å². The molecular weight excluding hydrogens is 248 g/mol. The molecule has 0 N–H and O–H groups in total. The minimum atomic E-state index is -0.0525. The van der Waals surface area contributed by atoms with Crippen LogP contribution in [-0.2, 0) is 9.53 Å². The molecule has 2 heteroatoms. The van der Waals surface area contributed by atoms with E-state index in [0.29, 0.717) is 18.9 Å². The molecule has 0 saturated carbocycles. The van der Waals surface area contributed by atoms with Crippen molar-refractivity contribution < 1.29 is 9.53 Å². The van der Waals surface area contributed by atoms with Gasteiger partial charge in [0.25, 0.3) is 0 Å². The standard InChI is InChI=1S/C18H28O2/c1-3-4-5-6-10-15-20-18(19)14-13-16(2)17-11-8-7-9-12-17/h7-9,11-12,16H,3-6,10,13-15H2,1-2H3. The maximum Gasteiger partial charge on any atom is 0.305 e. The lowest BCUT2D eigenvalue weighted by Gasteiger charge is -2.11. The van der Waals surface area contributed by atoms with Gasteiger partial charge in [0, 0.05) is 6.42 Å². The summed E-state index contributed by atoms with van der Waals surface area (Å²) in [5.74, 6) is 0.358. The Bertz CT molecular complexity index is 359. The molecule has 0 aliphatic heterocycles. The quantitative estimate of drug-likeness (QED) is 0.440. The molecule has 0 heterocycles. The van der Waals surface area contributed by atoms with Crippen LogP contribution in [0.5, 0.6) is 0 Å². The topological polar surface area (TPSA) is 26.3 Å². The molecule has 2 nitrogen and oxygen atoms in total. The smallest absolute Gasteiger partial charge is 0.305 e. The molecule has 0 aromatic heterocycles. The molecule has 1 atom stereocenters. The fourth-order valence-electron chi connectivity index (χ4n) is 2.25. The fourth-order valence-corrected chi connectivity index (χ4v) is 2.25. The van der Waals surface area contributed by atoms with Crippen molar-refractivity contribution >= 4 is 5.97 Å². The zero-order valence-corrected chi connectivity index (χ0v) is 12.9. The molecular formula is C18H28O2. The lowest BCUT2D eigenvalue weighted by atomic mass is 9.96. The number of hydrogen-bond acceptors (Lipinski definition) is 2. The van der Waals surface area contributed by atoms with Gasteiger partial charge >= 0.3 is 5.97 Å². The van der Waals surface area contributed by atoms with Crippen molar-refractivity contribution in [3.8, 4) is 0 Å². The molecule has 0 spiro atoms. The first-order chi connectivity index (χ1) is 9.74. The number of ether oxygens (including phenoxy) is 1. The maximum absolute atomic E-state index is 11.6. The van der Waals surface area contributed by atoms with E-state index in [-0.39, 0.29) is 5.97 Å². The summed E-state index contributed by atoms with van der Waals surface area (Å²) in [4.78, 5) is 11.6. The Morgan fingerprint density at radius 2 is 1.80 bits per heavy atom. The van der Waals surface area contributed by atoms with Gasteiger partial charge in [-0.3, -0.25) is 4.79 Å². The van der Waals surface area contributed by atoms with Gasteiger partial charge in [0.05, 0.1) is 6.61 Å². The molecule has 1 unspecified atom stereocenters.